The van der Waals surface area contributed by atoms with Crippen LogP contribution in [0.5, 0.6) is 0 Å². The van der Waals surface area contributed by atoms with Crippen LogP contribution < -0.4 is 5.73 Å². The number of aryl methyl sites for hydroxylation is 1. The van der Waals surface area contributed by atoms with Crippen LogP contribution in [0, 0.1) is 6.92 Å². The Morgan fingerprint density at radius 2 is 2.40 bits per heavy atom. The lowest BCUT2D eigenvalue weighted by atomic mass is 10.3. The summed E-state index contributed by atoms with van der Waals surface area (Å²) >= 11 is 0. The van der Waals surface area contributed by atoms with E-state index in [4.69, 9.17) is 10.8 Å². The number of fused-ring (bicyclic) bond motifs is 1. The number of hydrogen-bond donors (Lipinski definition) is 2. The number of carbonyl (C=O) groups is 1. The van der Waals surface area contributed by atoms with Gasteiger partial charge in [-0.15, -0.1) is 5.10 Å². The molecule has 0 spiro atoms. The molecule has 0 aliphatic carbocycles. The molecule has 0 amide bonds. The van der Waals surface area contributed by atoms with Crippen LogP contribution >= 0.6 is 0 Å². The molecule has 2 aromatic rings. The third-order valence-corrected chi connectivity index (χ3v) is 1.88. The zero-order chi connectivity index (χ0) is 11.0. The van der Waals surface area contributed by atoms with Crippen molar-refractivity contribution >= 4 is 11.7 Å². The second-order valence-electron chi connectivity index (χ2n) is 3.16. The van der Waals surface area contributed by atoms with Gasteiger partial charge in [0, 0.05) is 12.4 Å². The van der Waals surface area contributed by atoms with Gasteiger partial charge in [-0.3, -0.25) is 4.79 Å². The van der Waals surface area contributed by atoms with Crippen molar-refractivity contribution in [1.82, 2.24) is 19.6 Å². The van der Waals surface area contributed by atoms with Crippen LogP contribution in [0.3, 0.4) is 0 Å². The van der Waals surface area contributed by atoms with Crippen molar-refractivity contribution in [2.24, 2.45) is 5.73 Å². The first-order valence-corrected chi connectivity index (χ1v) is 4.25. The summed E-state index contributed by atoms with van der Waals surface area (Å²) in [4.78, 5) is 18.5. The summed E-state index contributed by atoms with van der Waals surface area (Å²) in [6, 6.07) is -1.22. The average Bonchev–Trinajstić information content (AvgIpc) is 2.58. The predicted molar refractivity (Wildman–Crippen MR) is 50.1 cm³/mol. The Bertz CT molecular complexity index is 521. The standard InChI is InChI=1S/C8H9N5O2/c1-4-2-10-8-11-6(5(9)7(14)15)12-13(8)3-4/h2-3,5H,9H2,1H3,(H,14,15). The van der Waals surface area contributed by atoms with Gasteiger partial charge in [0.1, 0.15) is 0 Å². The third-order valence-electron chi connectivity index (χ3n) is 1.88. The van der Waals surface area contributed by atoms with Gasteiger partial charge in [-0.05, 0) is 12.5 Å². The Balaban J connectivity index is 2.51. The summed E-state index contributed by atoms with van der Waals surface area (Å²) in [6.45, 7) is 1.85. The van der Waals surface area contributed by atoms with Gasteiger partial charge in [-0.25, -0.2) is 9.50 Å². The second-order valence-corrected chi connectivity index (χ2v) is 3.16. The van der Waals surface area contributed by atoms with Crippen LogP contribution in [-0.2, 0) is 4.79 Å². The molecule has 7 heteroatoms. The minimum absolute atomic E-state index is 0.0561. The topological polar surface area (TPSA) is 106 Å². The maximum Gasteiger partial charge on any atom is 0.328 e. The van der Waals surface area contributed by atoms with Crippen molar-refractivity contribution in [2.75, 3.05) is 0 Å². The van der Waals surface area contributed by atoms with Crippen LogP contribution in [0.25, 0.3) is 5.78 Å². The first-order valence-electron chi connectivity index (χ1n) is 4.25. The summed E-state index contributed by atoms with van der Waals surface area (Å²) < 4.78 is 1.41. The number of nitrogens with zero attached hydrogens (tertiary/aromatic N) is 4. The van der Waals surface area contributed by atoms with Gasteiger partial charge < -0.3 is 10.8 Å². The Kier molecular flexibility index (Phi) is 2.09. The lowest BCUT2D eigenvalue weighted by molar-refractivity contribution is -0.138. The molecule has 7 nitrogen and oxygen atoms in total. The van der Waals surface area contributed by atoms with E-state index in [2.05, 4.69) is 15.1 Å². The van der Waals surface area contributed by atoms with Gasteiger partial charge in [0.25, 0.3) is 5.78 Å². The van der Waals surface area contributed by atoms with Gasteiger partial charge >= 0.3 is 5.97 Å². The van der Waals surface area contributed by atoms with Crippen molar-refractivity contribution in [1.29, 1.82) is 0 Å². The molecule has 15 heavy (non-hydrogen) atoms. The van der Waals surface area contributed by atoms with Crippen LogP contribution in [0.2, 0.25) is 0 Å². The first kappa shape index (κ1) is 9.53. The number of rotatable bonds is 2. The van der Waals surface area contributed by atoms with Crippen molar-refractivity contribution in [2.45, 2.75) is 13.0 Å². The molecule has 1 unspecified atom stereocenters. The number of aromatic nitrogens is 4. The summed E-state index contributed by atoms with van der Waals surface area (Å²) in [5, 5.41) is 12.6. The number of aliphatic carboxylic acids is 1. The quantitative estimate of drug-likeness (QED) is 0.688. The Hall–Kier alpha value is -2.02. The van der Waals surface area contributed by atoms with Crippen molar-refractivity contribution in [3.63, 3.8) is 0 Å². The molecule has 2 aromatic heterocycles. The van der Waals surface area contributed by atoms with Crippen LogP contribution in [0.1, 0.15) is 17.4 Å². The van der Waals surface area contributed by atoms with Crippen molar-refractivity contribution < 1.29 is 9.90 Å². The minimum atomic E-state index is -1.22. The first-order chi connectivity index (χ1) is 7.08. The monoisotopic (exact) mass is 207 g/mol. The fraction of sp³-hybridized carbons (Fsp3) is 0.250. The van der Waals surface area contributed by atoms with Gasteiger partial charge in [-0.2, -0.15) is 4.98 Å². The molecule has 0 saturated heterocycles. The van der Waals surface area contributed by atoms with E-state index < -0.39 is 12.0 Å². The van der Waals surface area contributed by atoms with Crippen LogP contribution in [0.4, 0.5) is 0 Å². The number of carboxylic acid groups (broad SMARTS) is 1. The Labute approximate surface area is 84.6 Å². The lowest BCUT2D eigenvalue weighted by Crippen LogP contribution is -2.22. The maximum atomic E-state index is 10.6. The molecular weight excluding hydrogens is 198 g/mol. The summed E-state index contributed by atoms with van der Waals surface area (Å²) in [5.74, 6) is -0.768. The highest BCUT2D eigenvalue weighted by atomic mass is 16.4. The molecule has 2 rings (SSSR count). The summed E-state index contributed by atoms with van der Waals surface area (Å²) in [5.41, 5.74) is 6.28. The molecule has 0 aliphatic heterocycles. The zero-order valence-corrected chi connectivity index (χ0v) is 7.95. The van der Waals surface area contributed by atoms with Crippen molar-refractivity contribution in [3.8, 4) is 0 Å². The van der Waals surface area contributed by atoms with E-state index in [0.717, 1.165) is 5.56 Å². The van der Waals surface area contributed by atoms with E-state index in [-0.39, 0.29) is 5.82 Å². The third kappa shape index (κ3) is 1.64. The van der Waals surface area contributed by atoms with E-state index in [1.54, 1.807) is 12.4 Å². The van der Waals surface area contributed by atoms with Gasteiger partial charge in [0.15, 0.2) is 11.9 Å². The van der Waals surface area contributed by atoms with Gasteiger partial charge in [0.05, 0.1) is 0 Å². The summed E-state index contributed by atoms with van der Waals surface area (Å²) in [7, 11) is 0. The molecule has 0 saturated carbocycles. The molecule has 0 fully saturated rings. The fourth-order valence-corrected chi connectivity index (χ4v) is 1.13. The van der Waals surface area contributed by atoms with Gasteiger partial charge in [0.2, 0.25) is 0 Å². The number of carboxylic acids is 1. The summed E-state index contributed by atoms with van der Waals surface area (Å²) in [6.07, 6.45) is 3.33. The average molecular weight is 207 g/mol. The molecule has 0 bridgehead atoms. The molecular formula is C8H9N5O2. The normalized spacial score (nSPS) is 12.9. The van der Waals surface area contributed by atoms with E-state index >= 15 is 0 Å². The fourth-order valence-electron chi connectivity index (χ4n) is 1.13. The molecule has 0 aromatic carbocycles. The van der Waals surface area contributed by atoms with E-state index in [1.165, 1.54) is 4.52 Å². The highest BCUT2D eigenvalue weighted by Gasteiger charge is 2.19. The molecule has 0 radical (unpaired) electrons. The highest BCUT2D eigenvalue weighted by Crippen LogP contribution is 2.06. The smallest absolute Gasteiger partial charge is 0.328 e. The Morgan fingerprint density at radius 1 is 1.67 bits per heavy atom. The molecule has 78 valence electrons. The zero-order valence-electron chi connectivity index (χ0n) is 7.95. The van der Waals surface area contributed by atoms with Crippen LogP contribution in [0.15, 0.2) is 12.4 Å². The van der Waals surface area contributed by atoms with Gasteiger partial charge in [-0.1, -0.05) is 0 Å². The Morgan fingerprint density at radius 3 is 3.07 bits per heavy atom. The van der Waals surface area contributed by atoms with Crippen molar-refractivity contribution in [3.05, 3.63) is 23.8 Å². The number of hydrogen-bond acceptors (Lipinski definition) is 5. The largest absolute Gasteiger partial charge is 0.480 e. The lowest BCUT2D eigenvalue weighted by Gasteiger charge is -1.97. The van der Waals surface area contributed by atoms with E-state index in [9.17, 15) is 4.79 Å². The predicted octanol–water partition coefficient (Wildman–Crippen LogP) is -0.483. The van der Waals surface area contributed by atoms with E-state index in [1.807, 2.05) is 6.92 Å². The molecule has 3 N–H and O–H groups in total. The molecule has 2 heterocycles. The molecule has 1 atom stereocenters. The van der Waals surface area contributed by atoms with E-state index in [0.29, 0.717) is 5.78 Å². The maximum absolute atomic E-state index is 10.6. The highest BCUT2D eigenvalue weighted by molar-refractivity contribution is 5.74. The van der Waals surface area contributed by atoms with Crippen LogP contribution in [-0.4, -0.2) is 30.7 Å². The second kappa shape index (κ2) is 3.28. The number of nitrogens with two attached hydrogens (primary N) is 1. The molecule has 0 aliphatic rings. The minimum Gasteiger partial charge on any atom is -0.480 e. The SMILES string of the molecule is Cc1cnc2nc(C(N)C(=O)O)nn2c1.